The molecule has 7 heteroatoms. The standard InChI is InChI=1S/C19H18BrClN2O3/c1-26-15-5-3-14(4-6-15)23-11-12(8-18(23)24)10-22-19(25)16-9-13(20)2-7-17(16)21/h2-7,9,12H,8,10-11H2,1H3,(H,22,25). The molecule has 0 aromatic heterocycles. The predicted molar refractivity (Wildman–Crippen MR) is 105 cm³/mol. The third-order valence-corrected chi connectivity index (χ3v) is 5.14. The smallest absolute Gasteiger partial charge is 0.252 e. The molecular formula is C19H18BrClN2O3. The van der Waals surface area contributed by atoms with Gasteiger partial charge in [0, 0.05) is 35.6 Å². The van der Waals surface area contributed by atoms with Gasteiger partial charge in [0.05, 0.1) is 17.7 Å². The molecule has 1 N–H and O–H groups in total. The van der Waals surface area contributed by atoms with Crippen LogP contribution in [0.2, 0.25) is 5.02 Å². The van der Waals surface area contributed by atoms with E-state index in [1.54, 1.807) is 30.2 Å². The van der Waals surface area contributed by atoms with Crippen LogP contribution in [0.15, 0.2) is 46.9 Å². The van der Waals surface area contributed by atoms with Crippen molar-refractivity contribution in [2.45, 2.75) is 6.42 Å². The number of nitrogens with zero attached hydrogens (tertiary/aromatic N) is 1. The second kappa shape index (κ2) is 8.10. The number of nitrogens with one attached hydrogen (secondary N) is 1. The van der Waals surface area contributed by atoms with Crippen molar-refractivity contribution in [1.29, 1.82) is 0 Å². The third kappa shape index (κ3) is 4.19. The molecule has 0 bridgehead atoms. The van der Waals surface area contributed by atoms with Crippen LogP contribution in [-0.4, -0.2) is 32.0 Å². The van der Waals surface area contributed by atoms with E-state index in [-0.39, 0.29) is 17.7 Å². The number of halogens is 2. The van der Waals surface area contributed by atoms with Crippen LogP contribution >= 0.6 is 27.5 Å². The molecule has 3 rings (SSSR count). The zero-order valence-electron chi connectivity index (χ0n) is 14.2. The van der Waals surface area contributed by atoms with E-state index in [4.69, 9.17) is 16.3 Å². The molecule has 2 amide bonds. The molecule has 0 aliphatic carbocycles. The van der Waals surface area contributed by atoms with Gasteiger partial charge in [0.2, 0.25) is 5.91 Å². The maximum absolute atomic E-state index is 12.3. The van der Waals surface area contributed by atoms with Gasteiger partial charge in [0.25, 0.3) is 5.91 Å². The first-order chi connectivity index (χ1) is 12.5. The van der Waals surface area contributed by atoms with Crippen LogP contribution in [-0.2, 0) is 4.79 Å². The van der Waals surface area contributed by atoms with Gasteiger partial charge in [-0.3, -0.25) is 9.59 Å². The zero-order chi connectivity index (χ0) is 18.7. The monoisotopic (exact) mass is 436 g/mol. The number of ether oxygens (including phenoxy) is 1. The van der Waals surface area contributed by atoms with Gasteiger partial charge in [0.1, 0.15) is 5.75 Å². The second-order valence-electron chi connectivity index (χ2n) is 6.11. The third-order valence-electron chi connectivity index (χ3n) is 4.31. The molecule has 5 nitrogen and oxygen atoms in total. The van der Waals surface area contributed by atoms with Crippen LogP contribution in [0, 0.1) is 5.92 Å². The molecule has 26 heavy (non-hydrogen) atoms. The summed E-state index contributed by atoms with van der Waals surface area (Å²) in [5.74, 6) is 0.608. The van der Waals surface area contributed by atoms with Crippen molar-refractivity contribution >= 4 is 45.0 Å². The minimum atomic E-state index is -0.244. The van der Waals surface area contributed by atoms with Crippen molar-refractivity contribution in [3.05, 3.63) is 57.5 Å². The number of carbonyl (C=O) groups excluding carboxylic acids is 2. The number of benzene rings is 2. The molecule has 1 aliphatic rings. The second-order valence-corrected chi connectivity index (χ2v) is 7.43. The molecule has 0 saturated carbocycles. The van der Waals surface area contributed by atoms with Crippen LogP contribution in [0.5, 0.6) is 5.75 Å². The lowest BCUT2D eigenvalue weighted by Crippen LogP contribution is -2.31. The van der Waals surface area contributed by atoms with Crippen molar-refractivity contribution < 1.29 is 14.3 Å². The topological polar surface area (TPSA) is 58.6 Å². The van der Waals surface area contributed by atoms with Crippen molar-refractivity contribution in [3.63, 3.8) is 0 Å². The fraction of sp³-hybridized carbons (Fsp3) is 0.263. The van der Waals surface area contributed by atoms with Crippen LogP contribution < -0.4 is 15.0 Å². The summed E-state index contributed by atoms with van der Waals surface area (Å²) in [6.45, 7) is 0.984. The summed E-state index contributed by atoms with van der Waals surface area (Å²) in [5, 5.41) is 3.27. The molecule has 2 aromatic carbocycles. The van der Waals surface area contributed by atoms with E-state index in [2.05, 4.69) is 21.2 Å². The minimum absolute atomic E-state index is 0.0508. The summed E-state index contributed by atoms with van der Waals surface area (Å²) in [5.41, 5.74) is 1.25. The van der Waals surface area contributed by atoms with Crippen LogP contribution in [0.25, 0.3) is 0 Å². The summed E-state index contributed by atoms with van der Waals surface area (Å²) in [6.07, 6.45) is 0.401. The predicted octanol–water partition coefficient (Wildman–Crippen LogP) is 3.89. The van der Waals surface area contributed by atoms with Crippen LogP contribution in [0.1, 0.15) is 16.8 Å². The van der Waals surface area contributed by atoms with Crippen molar-refractivity contribution in [2.75, 3.05) is 25.1 Å². The highest BCUT2D eigenvalue weighted by Gasteiger charge is 2.30. The zero-order valence-corrected chi connectivity index (χ0v) is 16.5. The molecule has 1 aliphatic heterocycles. The quantitative estimate of drug-likeness (QED) is 0.772. The van der Waals surface area contributed by atoms with Crippen LogP contribution in [0.3, 0.4) is 0 Å². The molecule has 136 valence electrons. The molecular weight excluding hydrogens is 420 g/mol. The fourth-order valence-electron chi connectivity index (χ4n) is 2.93. The van der Waals surface area contributed by atoms with Crippen molar-refractivity contribution in [2.24, 2.45) is 5.92 Å². The SMILES string of the molecule is COc1ccc(N2CC(CNC(=O)c3cc(Br)ccc3Cl)CC2=O)cc1. The number of hydrogen-bond acceptors (Lipinski definition) is 3. The molecule has 1 atom stereocenters. The van der Waals surface area contributed by atoms with Gasteiger partial charge in [-0.05, 0) is 42.5 Å². The molecule has 0 spiro atoms. The average Bonchev–Trinajstić information content (AvgIpc) is 3.02. The number of rotatable bonds is 5. The highest BCUT2D eigenvalue weighted by atomic mass is 79.9. The van der Waals surface area contributed by atoms with Gasteiger partial charge in [0.15, 0.2) is 0 Å². The number of carbonyl (C=O) groups is 2. The fourth-order valence-corrected chi connectivity index (χ4v) is 3.50. The summed E-state index contributed by atoms with van der Waals surface area (Å²) < 4.78 is 5.93. The normalized spacial score (nSPS) is 16.7. The highest BCUT2D eigenvalue weighted by molar-refractivity contribution is 9.10. The van der Waals surface area contributed by atoms with E-state index in [1.165, 1.54) is 0 Å². The van der Waals surface area contributed by atoms with Gasteiger partial charge in [-0.2, -0.15) is 0 Å². The molecule has 1 unspecified atom stereocenters. The number of hydrogen-bond donors (Lipinski definition) is 1. The van der Waals surface area contributed by atoms with Gasteiger partial charge < -0.3 is 15.0 Å². The van der Waals surface area contributed by atoms with Gasteiger partial charge in [-0.25, -0.2) is 0 Å². The molecule has 0 radical (unpaired) electrons. The van der Waals surface area contributed by atoms with Gasteiger partial charge in [-0.15, -0.1) is 0 Å². The van der Waals surface area contributed by atoms with Crippen molar-refractivity contribution in [1.82, 2.24) is 5.32 Å². The Morgan fingerprint density at radius 3 is 2.73 bits per heavy atom. The molecule has 2 aromatic rings. The number of methoxy groups -OCH3 is 1. The number of amides is 2. The summed E-state index contributed by atoms with van der Waals surface area (Å²) in [7, 11) is 1.60. The first kappa shape index (κ1) is 18.7. The van der Waals surface area contributed by atoms with E-state index in [1.807, 2.05) is 24.3 Å². The lowest BCUT2D eigenvalue weighted by atomic mass is 10.1. The van der Waals surface area contributed by atoms with E-state index < -0.39 is 0 Å². The maximum atomic E-state index is 12.3. The van der Waals surface area contributed by atoms with Crippen LogP contribution in [0.4, 0.5) is 5.69 Å². The van der Waals surface area contributed by atoms with E-state index in [9.17, 15) is 9.59 Å². The average molecular weight is 438 g/mol. The Morgan fingerprint density at radius 1 is 1.31 bits per heavy atom. The largest absolute Gasteiger partial charge is 0.497 e. The summed E-state index contributed by atoms with van der Waals surface area (Å²) >= 11 is 9.42. The Balaban J connectivity index is 1.60. The van der Waals surface area contributed by atoms with Crippen molar-refractivity contribution in [3.8, 4) is 5.75 Å². The lowest BCUT2D eigenvalue weighted by molar-refractivity contribution is -0.117. The van der Waals surface area contributed by atoms with E-state index >= 15 is 0 Å². The Bertz CT molecular complexity index is 826. The molecule has 1 saturated heterocycles. The molecule has 1 heterocycles. The highest BCUT2D eigenvalue weighted by Crippen LogP contribution is 2.27. The molecule has 1 fully saturated rings. The Kier molecular flexibility index (Phi) is 5.84. The van der Waals surface area contributed by atoms with E-state index in [0.29, 0.717) is 30.1 Å². The Morgan fingerprint density at radius 2 is 2.04 bits per heavy atom. The minimum Gasteiger partial charge on any atom is -0.497 e. The Hall–Kier alpha value is -2.05. The van der Waals surface area contributed by atoms with Gasteiger partial charge in [-0.1, -0.05) is 27.5 Å². The number of anilines is 1. The summed E-state index contributed by atoms with van der Waals surface area (Å²) in [4.78, 5) is 26.4. The summed E-state index contributed by atoms with van der Waals surface area (Å²) in [6, 6.07) is 12.5. The van der Waals surface area contributed by atoms with Gasteiger partial charge >= 0.3 is 0 Å². The first-order valence-electron chi connectivity index (χ1n) is 8.15. The maximum Gasteiger partial charge on any atom is 0.252 e. The Labute approximate surface area is 165 Å². The lowest BCUT2D eigenvalue weighted by Gasteiger charge is -2.17. The van der Waals surface area contributed by atoms with E-state index in [0.717, 1.165) is 15.9 Å². The first-order valence-corrected chi connectivity index (χ1v) is 9.32.